The van der Waals surface area contributed by atoms with Crippen LogP contribution in [0.3, 0.4) is 0 Å². The number of ether oxygens (including phenoxy) is 1. The maximum Gasteiger partial charge on any atom is 0.129 e. The lowest BCUT2D eigenvalue weighted by atomic mass is 10.2. The summed E-state index contributed by atoms with van der Waals surface area (Å²) >= 11 is 0. The molecule has 9 nitrogen and oxygen atoms in total. The Hall–Kier alpha value is -2.42. The molecule has 0 unspecified atom stereocenters. The minimum Gasteiger partial charge on any atom is -0.369 e. The lowest BCUT2D eigenvalue weighted by Crippen LogP contribution is -2.00. The maximum atomic E-state index is 10.9. The molecule has 0 saturated carbocycles. The number of hydrogen-bond donors (Lipinski definition) is 0. The minimum absolute atomic E-state index is 0.218. The topological polar surface area (TPSA) is 105 Å². The van der Waals surface area contributed by atoms with Crippen LogP contribution >= 0.6 is 0 Å². The van der Waals surface area contributed by atoms with E-state index in [1.165, 1.54) is 0 Å². The first-order valence-corrected chi connectivity index (χ1v) is 9.37. The van der Waals surface area contributed by atoms with E-state index in [9.17, 15) is 9.59 Å². The van der Waals surface area contributed by atoms with Gasteiger partial charge in [0.05, 0.1) is 25.6 Å². The minimum atomic E-state index is 0.218. The highest BCUT2D eigenvalue weighted by Gasteiger charge is 2.05. The van der Waals surface area contributed by atoms with Crippen LogP contribution in [0.15, 0.2) is 12.4 Å². The first-order valence-electron chi connectivity index (χ1n) is 9.37. The number of nitrogens with zero attached hydrogens (tertiary/aromatic N) is 6. The number of hydrogen-bond acceptors (Lipinski definition) is 7. The Morgan fingerprint density at radius 2 is 1.26 bits per heavy atom. The average Bonchev–Trinajstić information content (AvgIpc) is 3.25. The van der Waals surface area contributed by atoms with Crippen LogP contribution in [-0.4, -0.2) is 41.6 Å². The molecule has 148 valence electrons. The molecular weight excluding hydrogens is 348 g/mol. The second kappa shape index (κ2) is 11.3. The molecule has 0 aliphatic rings. The first kappa shape index (κ1) is 20.9. The molecule has 0 aromatic carbocycles. The largest absolute Gasteiger partial charge is 0.369 e. The van der Waals surface area contributed by atoms with Crippen molar-refractivity contribution >= 4 is 11.6 Å². The van der Waals surface area contributed by atoms with Crippen molar-refractivity contribution in [1.82, 2.24) is 30.0 Å². The number of carbonyl (C=O) groups is 2. The van der Waals surface area contributed by atoms with Crippen molar-refractivity contribution in [2.24, 2.45) is 0 Å². The van der Waals surface area contributed by atoms with Crippen LogP contribution in [0, 0.1) is 0 Å². The Morgan fingerprint density at radius 3 is 1.67 bits per heavy atom. The van der Waals surface area contributed by atoms with Gasteiger partial charge in [0.25, 0.3) is 0 Å². The van der Waals surface area contributed by atoms with Crippen LogP contribution < -0.4 is 0 Å². The molecule has 2 heterocycles. The highest BCUT2D eigenvalue weighted by atomic mass is 16.5. The van der Waals surface area contributed by atoms with Gasteiger partial charge in [-0.25, -0.2) is 0 Å². The first-order chi connectivity index (χ1) is 13.0. The Labute approximate surface area is 159 Å². The third-order valence-corrected chi connectivity index (χ3v) is 4.00. The molecule has 0 aliphatic heterocycles. The van der Waals surface area contributed by atoms with Crippen molar-refractivity contribution in [3.63, 3.8) is 0 Å². The lowest BCUT2D eigenvalue weighted by molar-refractivity contribution is -0.118. The average molecular weight is 376 g/mol. The fourth-order valence-electron chi connectivity index (χ4n) is 2.58. The van der Waals surface area contributed by atoms with E-state index in [2.05, 4.69) is 20.6 Å². The summed E-state index contributed by atoms with van der Waals surface area (Å²) in [5.41, 5.74) is 1.52. The van der Waals surface area contributed by atoms with E-state index in [0.717, 1.165) is 50.2 Å². The molecule has 2 rings (SSSR count). The number of aryl methyl sites for hydroxylation is 2. The molecule has 0 spiro atoms. The van der Waals surface area contributed by atoms with Crippen LogP contribution in [0.5, 0.6) is 0 Å². The van der Waals surface area contributed by atoms with Crippen molar-refractivity contribution in [2.75, 3.05) is 0 Å². The molecular formula is C18H28N6O3. The zero-order valence-electron chi connectivity index (χ0n) is 16.1. The van der Waals surface area contributed by atoms with E-state index in [1.807, 2.05) is 12.4 Å². The predicted molar refractivity (Wildman–Crippen MR) is 97.6 cm³/mol. The Morgan fingerprint density at radius 1 is 0.815 bits per heavy atom. The van der Waals surface area contributed by atoms with Crippen LogP contribution in [0.25, 0.3) is 0 Å². The summed E-state index contributed by atoms with van der Waals surface area (Å²) in [6.07, 6.45) is 8.48. The van der Waals surface area contributed by atoms with Gasteiger partial charge in [0.15, 0.2) is 0 Å². The molecule has 0 bridgehead atoms. The Bertz CT molecular complexity index is 664. The number of Topliss-reactive ketones (excluding diaryl/α,β-unsaturated/α-hetero) is 2. The monoisotopic (exact) mass is 376 g/mol. The van der Waals surface area contributed by atoms with Crippen molar-refractivity contribution in [3.05, 3.63) is 23.8 Å². The van der Waals surface area contributed by atoms with Crippen molar-refractivity contribution in [2.45, 2.75) is 78.7 Å². The molecule has 27 heavy (non-hydrogen) atoms. The molecule has 2 aromatic heterocycles. The van der Waals surface area contributed by atoms with Crippen molar-refractivity contribution in [3.8, 4) is 0 Å². The van der Waals surface area contributed by atoms with E-state index < -0.39 is 0 Å². The molecule has 0 aliphatic carbocycles. The standard InChI is InChI=1S/C18H28N6O3/c1-15(25)7-3-5-9-23-11-17(19-21-23)13-27-14-18-12-24(22-20-18)10-6-4-8-16(2)26/h11-12H,3-10,13-14H2,1-2H3. The Kier molecular flexibility index (Phi) is 8.76. The van der Waals surface area contributed by atoms with Crippen LogP contribution in [0.2, 0.25) is 0 Å². The zero-order chi connectivity index (χ0) is 19.5. The highest BCUT2D eigenvalue weighted by Crippen LogP contribution is 2.05. The summed E-state index contributed by atoms with van der Waals surface area (Å²) in [7, 11) is 0. The van der Waals surface area contributed by atoms with Crippen molar-refractivity contribution in [1.29, 1.82) is 0 Å². The third-order valence-electron chi connectivity index (χ3n) is 4.00. The summed E-state index contributed by atoms with van der Waals surface area (Å²) < 4.78 is 9.17. The summed E-state index contributed by atoms with van der Waals surface area (Å²) in [5, 5.41) is 16.3. The third kappa shape index (κ3) is 8.67. The molecule has 0 amide bonds. The second-order valence-corrected chi connectivity index (χ2v) is 6.76. The van der Waals surface area contributed by atoms with Gasteiger partial charge in [0, 0.05) is 25.9 Å². The van der Waals surface area contributed by atoms with E-state index in [4.69, 9.17) is 4.74 Å². The number of ketones is 2. The smallest absolute Gasteiger partial charge is 0.129 e. The molecule has 0 saturated heterocycles. The van der Waals surface area contributed by atoms with E-state index >= 15 is 0 Å². The SMILES string of the molecule is CC(=O)CCCCn1cc(COCc2cn(CCCCC(C)=O)nn2)nn1. The molecule has 0 N–H and O–H groups in total. The summed E-state index contributed by atoms with van der Waals surface area (Å²) in [6, 6.07) is 0. The predicted octanol–water partition coefficient (Wildman–Crippen LogP) is 2.10. The summed E-state index contributed by atoms with van der Waals surface area (Å²) in [4.78, 5) is 21.8. The fraction of sp³-hybridized carbons (Fsp3) is 0.667. The number of unbranched alkanes of at least 4 members (excludes halogenated alkanes) is 2. The fourth-order valence-corrected chi connectivity index (χ4v) is 2.58. The van der Waals surface area contributed by atoms with Crippen LogP contribution in [0.4, 0.5) is 0 Å². The van der Waals surface area contributed by atoms with Crippen LogP contribution in [-0.2, 0) is 40.6 Å². The number of rotatable bonds is 14. The highest BCUT2D eigenvalue weighted by molar-refractivity contribution is 5.75. The van der Waals surface area contributed by atoms with Gasteiger partial charge in [-0.05, 0) is 39.5 Å². The van der Waals surface area contributed by atoms with Gasteiger partial charge in [-0.1, -0.05) is 10.4 Å². The van der Waals surface area contributed by atoms with E-state index in [-0.39, 0.29) is 11.6 Å². The summed E-state index contributed by atoms with van der Waals surface area (Å²) in [6.45, 7) is 5.44. The van der Waals surface area contributed by atoms with Gasteiger partial charge >= 0.3 is 0 Å². The van der Waals surface area contributed by atoms with Gasteiger partial charge in [0.1, 0.15) is 23.0 Å². The summed E-state index contributed by atoms with van der Waals surface area (Å²) in [5.74, 6) is 0.436. The van der Waals surface area contributed by atoms with Crippen LogP contribution in [0.1, 0.15) is 63.8 Å². The molecule has 0 fully saturated rings. The van der Waals surface area contributed by atoms with Gasteiger partial charge < -0.3 is 14.3 Å². The van der Waals surface area contributed by atoms with Gasteiger partial charge in [0.2, 0.25) is 0 Å². The molecule has 0 atom stereocenters. The quantitative estimate of drug-likeness (QED) is 0.465. The number of carbonyl (C=O) groups excluding carboxylic acids is 2. The van der Waals surface area contributed by atoms with Gasteiger partial charge in [-0.3, -0.25) is 9.36 Å². The zero-order valence-corrected chi connectivity index (χ0v) is 16.1. The van der Waals surface area contributed by atoms with Gasteiger partial charge in [-0.2, -0.15) is 0 Å². The maximum absolute atomic E-state index is 10.9. The van der Waals surface area contributed by atoms with E-state index in [1.54, 1.807) is 23.2 Å². The second-order valence-electron chi connectivity index (χ2n) is 6.76. The normalized spacial score (nSPS) is 11.0. The molecule has 2 aromatic rings. The van der Waals surface area contributed by atoms with E-state index in [0.29, 0.717) is 26.1 Å². The molecule has 0 radical (unpaired) electrons. The van der Waals surface area contributed by atoms with Crippen molar-refractivity contribution < 1.29 is 14.3 Å². The molecule has 9 heteroatoms. The Balaban J connectivity index is 1.62. The number of aromatic nitrogens is 6. The van der Waals surface area contributed by atoms with Gasteiger partial charge in [-0.15, -0.1) is 10.2 Å². The lowest BCUT2D eigenvalue weighted by Gasteiger charge is -2.00.